The van der Waals surface area contributed by atoms with Crippen LogP contribution in [0.3, 0.4) is 0 Å². The molecule has 0 aliphatic heterocycles. The lowest BCUT2D eigenvalue weighted by Crippen LogP contribution is -2.34. The number of halogens is 1. The molecule has 1 heterocycles. The number of amides is 1. The third-order valence-corrected chi connectivity index (χ3v) is 5.51. The van der Waals surface area contributed by atoms with E-state index in [0.717, 1.165) is 11.3 Å². The molecule has 1 aromatic heterocycles. The third kappa shape index (κ3) is 4.72. The van der Waals surface area contributed by atoms with Crippen molar-refractivity contribution in [2.75, 3.05) is 19.6 Å². The van der Waals surface area contributed by atoms with Crippen molar-refractivity contribution in [3.63, 3.8) is 0 Å². The van der Waals surface area contributed by atoms with Crippen LogP contribution in [0.5, 0.6) is 0 Å². The Hall–Kier alpha value is -0.700. The number of nitrogens with one attached hydrogen (secondary N) is 1. The molecule has 0 atom stereocenters. The summed E-state index contributed by atoms with van der Waals surface area (Å²) < 4.78 is 26.2. The maximum Gasteiger partial charge on any atom is 0.251 e. The Morgan fingerprint density at radius 2 is 2.11 bits per heavy atom. The maximum absolute atomic E-state index is 11.8. The molecule has 0 saturated heterocycles. The van der Waals surface area contributed by atoms with Crippen LogP contribution in [-0.2, 0) is 14.8 Å². The first kappa shape index (κ1) is 16.4. The summed E-state index contributed by atoms with van der Waals surface area (Å²) in [6, 6.07) is 0. The van der Waals surface area contributed by atoms with Crippen molar-refractivity contribution in [1.82, 2.24) is 14.6 Å². The minimum Gasteiger partial charge on any atom is -0.343 e. The van der Waals surface area contributed by atoms with E-state index in [-0.39, 0.29) is 27.5 Å². The first-order valence-corrected chi connectivity index (χ1v) is 8.47. The molecule has 0 saturated carbocycles. The Balaban J connectivity index is 2.51. The highest BCUT2D eigenvalue weighted by atomic mass is 35.5. The van der Waals surface area contributed by atoms with Crippen molar-refractivity contribution >= 4 is 38.9 Å². The summed E-state index contributed by atoms with van der Waals surface area (Å²) in [5, 5.41) is 0. The van der Waals surface area contributed by atoms with E-state index < -0.39 is 10.0 Å². The number of carbonyl (C=O) groups is 1. The topological polar surface area (TPSA) is 79.4 Å². The Labute approximate surface area is 121 Å². The molecular weight excluding hydrogens is 310 g/mol. The second-order valence-electron chi connectivity index (χ2n) is 3.65. The van der Waals surface area contributed by atoms with E-state index in [1.165, 1.54) is 6.20 Å². The van der Waals surface area contributed by atoms with Crippen LogP contribution in [0.15, 0.2) is 10.4 Å². The fourth-order valence-electron chi connectivity index (χ4n) is 1.46. The maximum atomic E-state index is 11.8. The highest BCUT2D eigenvalue weighted by molar-refractivity contribution is 7.91. The van der Waals surface area contributed by atoms with E-state index in [1.54, 1.807) is 4.90 Å². The second-order valence-corrected chi connectivity index (χ2v) is 7.25. The van der Waals surface area contributed by atoms with Gasteiger partial charge >= 0.3 is 0 Å². The van der Waals surface area contributed by atoms with Crippen molar-refractivity contribution in [3.8, 4) is 0 Å². The first-order valence-electron chi connectivity index (χ1n) is 5.79. The van der Waals surface area contributed by atoms with Crippen LogP contribution in [-0.4, -0.2) is 43.8 Å². The van der Waals surface area contributed by atoms with Gasteiger partial charge in [-0.05, 0) is 13.8 Å². The van der Waals surface area contributed by atoms with E-state index in [4.69, 9.17) is 11.6 Å². The minimum absolute atomic E-state index is 0.0489. The molecule has 9 heteroatoms. The highest BCUT2D eigenvalue weighted by Crippen LogP contribution is 2.21. The summed E-state index contributed by atoms with van der Waals surface area (Å²) in [7, 11) is -3.62. The first-order chi connectivity index (χ1) is 8.90. The summed E-state index contributed by atoms with van der Waals surface area (Å²) in [5.74, 6) is -0.0740. The molecule has 0 fully saturated rings. The third-order valence-electron chi connectivity index (χ3n) is 2.47. The van der Waals surface area contributed by atoms with Crippen LogP contribution < -0.4 is 4.72 Å². The zero-order valence-corrected chi connectivity index (χ0v) is 13.1. The van der Waals surface area contributed by atoms with Crippen molar-refractivity contribution in [2.45, 2.75) is 24.5 Å². The molecule has 108 valence electrons. The minimum atomic E-state index is -3.62. The molecule has 1 N–H and O–H groups in total. The average Bonchev–Trinajstić information content (AvgIpc) is 2.78. The van der Waals surface area contributed by atoms with Gasteiger partial charge in [-0.25, -0.2) is 18.1 Å². The van der Waals surface area contributed by atoms with E-state index in [2.05, 4.69) is 9.71 Å². The van der Waals surface area contributed by atoms with Gasteiger partial charge in [0.1, 0.15) is 0 Å². The molecule has 1 amide bonds. The van der Waals surface area contributed by atoms with Gasteiger partial charge in [-0.1, -0.05) is 22.9 Å². The lowest BCUT2D eigenvalue weighted by atomic mass is 10.3. The highest BCUT2D eigenvalue weighted by Gasteiger charge is 2.18. The lowest BCUT2D eigenvalue weighted by molar-refractivity contribution is -0.130. The predicted octanol–water partition coefficient (Wildman–Crippen LogP) is 1.33. The normalized spacial score (nSPS) is 11.5. The predicted molar refractivity (Wildman–Crippen MR) is 74.9 cm³/mol. The van der Waals surface area contributed by atoms with Crippen LogP contribution in [0.4, 0.5) is 0 Å². The number of rotatable bonds is 7. The molecule has 19 heavy (non-hydrogen) atoms. The molecule has 6 nitrogen and oxygen atoms in total. The van der Waals surface area contributed by atoms with Gasteiger partial charge in [0.25, 0.3) is 10.0 Å². The second kappa shape index (κ2) is 7.18. The van der Waals surface area contributed by atoms with Crippen molar-refractivity contribution < 1.29 is 13.2 Å². The quantitative estimate of drug-likeness (QED) is 0.820. The smallest absolute Gasteiger partial charge is 0.251 e. The number of aromatic nitrogens is 1. The van der Waals surface area contributed by atoms with Crippen LogP contribution in [0.2, 0.25) is 4.47 Å². The molecule has 0 bridgehead atoms. The van der Waals surface area contributed by atoms with Gasteiger partial charge in [0.2, 0.25) is 5.91 Å². The van der Waals surface area contributed by atoms with Gasteiger partial charge in [-0.3, -0.25) is 4.79 Å². The summed E-state index contributed by atoms with van der Waals surface area (Å²) in [5.41, 5.74) is 0. The number of hydrogen-bond acceptors (Lipinski definition) is 5. The molecule has 0 aromatic carbocycles. The van der Waals surface area contributed by atoms with Crippen LogP contribution in [0, 0.1) is 0 Å². The summed E-state index contributed by atoms with van der Waals surface area (Å²) in [4.78, 5) is 17.0. The van der Waals surface area contributed by atoms with E-state index in [0.29, 0.717) is 13.1 Å². The van der Waals surface area contributed by atoms with Gasteiger partial charge in [0.05, 0.1) is 6.20 Å². The van der Waals surface area contributed by atoms with Crippen LogP contribution in [0.1, 0.15) is 20.3 Å². The molecule has 1 rings (SSSR count). The molecule has 0 spiro atoms. The van der Waals surface area contributed by atoms with Crippen molar-refractivity contribution in [2.24, 2.45) is 0 Å². The zero-order chi connectivity index (χ0) is 14.5. The van der Waals surface area contributed by atoms with Crippen molar-refractivity contribution in [1.29, 1.82) is 0 Å². The number of nitrogens with zero attached hydrogens (tertiary/aromatic N) is 2. The SMILES string of the molecule is CCN(CC)C(=O)CCNS(=O)(=O)c1cnc(Cl)s1. The van der Waals surface area contributed by atoms with Crippen molar-refractivity contribution in [3.05, 3.63) is 10.7 Å². The van der Waals surface area contributed by atoms with E-state index in [1.807, 2.05) is 13.8 Å². The lowest BCUT2D eigenvalue weighted by Gasteiger charge is -2.18. The summed E-state index contributed by atoms with van der Waals surface area (Å²) in [6.07, 6.45) is 1.33. The van der Waals surface area contributed by atoms with Gasteiger partial charge in [0.15, 0.2) is 8.68 Å². The summed E-state index contributed by atoms with van der Waals surface area (Å²) >= 11 is 6.46. The molecule has 0 unspecified atom stereocenters. The van der Waals surface area contributed by atoms with Gasteiger partial charge in [-0.2, -0.15) is 0 Å². The zero-order valence-electron chi connectivity index (χ0n) is 10.7. The van der Waals surface area contributed by atoms with Gasteiger partial charge in [-0.15, -0.1) is 0 Å². The van der Waals surface area contributed by atoms with Gasteiger partial charge in [0, 0.05) is 26.1 Å². The molecule has 0 radical (unpaired) electrons. The molecule has 0 aliphatic rings. The fraction of sp³-hybridized carbons (Fsp3) is 0.600. The molecule has 0 aliphatic carbocycles. The Morgan fingerprint density at radius 3 is 2.58 bits per heavy atom. The Kier molecular flexibility index (Phi) is 6.18. The molecule has 1 aromatic rings. The van der Waals surface area contributed by atoms with E-state index in [9.17, 15) is 13.2 Å². The summed E-state index contributed by atoms with van der Waals surface area (Å²) in [6.45, 7) is 5.06. The van der Waals surface area contributed by atoms with Crippen LogP contribution >= 0.6 is 22.9 Å². The standard InChI is InChI=1S/C10H16ClN3O3S2/c1-3-14(4-2)8(15)5-6-13-19(16,17)9-7-12-10(11)18-9/h7,13H,3-6H2,1-2H3. The number of carbonyl (C=O) groups excluding carboxylic acids is 1. The fourth-order valence-corrected chi connectivity index (χ4v) is 3.83. The van der Waals surface area contributed by atoms with E-state index >= 15 is 0 Å². The number of sulfonamides is 1. The largest absolute Gasteiger partial charge is 0.343 e. The Morgan fingerprint density at radius 1 is 1.47 bits per heavy atom. The number of hydrogen-bond donors (Lipinski definition) is 1. The van der Waals surface area contributed by atoms with Crippen LogP contribution in [0.25, 0.3) is 0 Å². The Bertz CT molecular complexity index is 526. The number of thiazole rings is 1. The molecular formula is C10H16ClN3O3S2. The monoisotopic (exact) mass is 325 g/mol. The van der Waals surface area contributed by atoms with Gasteiger partial charge < -0.3 is 4.90 Å². The average molecular weight is 326 g/mol.